The smallest absolute Gasteiger partial charge is 0.410 e. The van der Waals surface area contributed by atoms with Crippen LogP contribution >= 0.6 is 0 Å². The largest absolute Gasteiger partial charge is 0.436 e. The van der Waals surface area contributed by atoms with E-state index in [1.165, 1.54) is 0 Å². The van der Waals surface area contributed by atoms with Crippen LogP contribution in [0.2, 0.25) is 0 Å². The Labute approximate surface area is 72.7 Å². The van der Waals surface area contributed by atoms with Crippen molar-refractivity contribution >= 4 is 6.09 Å². The minimum absolute atomic E-state index is 0.214. The van der Waals surface area contributed by atoms with Crippen LogP contribution in [0.3, 0.4) is 0 Å². The van der Waals surface area contributed by atoms with Crippen LogP contribution in [0, 0.1) is 11.8 Å². The first-order chi connectivity index (χ1) is 5.84. The molecule has 1 saturated heterocycles. The minimum Gasteiger partial charge on any atom is -0.436 e. The van der Waals surface area contributed by atoms with E-state index in [0.717, 1.165) is 25.9 Å². The molecule has 0 saturated carbocycles. The Balaban J connectivity index is 2.21. The molecule has 0 aromatic rings. The highest BCUT2D eigenvalue weighted by atomic mass is 16.6. The number of carbonyl (C=O) groups is 1. The van der Waals surface area contributed by atoms with E-state index in [2.05, 4.69) is 11.8 Å². The van der Waals surface area contributed by atoms with Crippen molar-refractivity contribution in [2.24, 2.45) is 0 Å². The summed E-state index contributed by atoms with van der Waals surface area (Å²) in [7, 11) is 0. The molecule has 0 N–H and O–H groups in total. The summed E-state index contributed by atoms with van der Waals surface area (Å²) in [5, 5.41) is 0. The fourth-order valence-electron chi connectivity index (χ4n) is 1.16. The maximum absolute atomic E-state index is 11.2. The summed E-state index contributed by atoms with van der Waals surface area (Å²) in [6, 6.07) is 0. The molecule has 1 aliphatic heterocycles. The number of nitrogens with zero attached hydrogens (tertiary/aromatic N) is 1. The zero-order chi connectivity index (χ0) is 8.81. The molecule has 0 aromatic carbocycles. The molecule has 1 fully saturated rings. The van der Waals surface area contributed by atoms with Crippen molar-refractivity contribution in [3.8, 4) is 11.8 Å². The molecule has 0 radical (unpaired) electrons. The molecule has 1 heterocycles. The average Bonchev–Trinajstić information content (AvgIpc) is 2.56. The van der Waals surface area contributed by atoms with Crippen LogP contribution in [0.1, 0.15) is 19.8 Å². The summed E-state index contributed by atoms with van der Waals surface area (Å²) in [5.74, 6) is 5.35. The van der Waals surface area contributed by atoms with E-state index in [0.29, 0.717) is 0 Å². The lowest BCUT2D eigenvalue weighted by Gasteiger charge is -2.13. The molecule has 0 unspecified atom stereocenters. The van der Waals surface area contributed by atoms with Crippen molar-refractivity contribution in [2.45, 2.75) is 19.8 Å². The average molecular weight is 167 g/mol. The third kappa shape index (κ3) is 2.46. The maximum atomic E-state index is 11.2. The van der Waals surface area contributed by atoms with Gasteiger partial charge >= 0.3 is 6.09 Å². The van der Waals surface area contributed by atoms with Crippen LogP contribution in [0.25, 0.3) is 0 Å². The minimum atomic E-state index is -0.227. The van der Waals surface area contributed by atoms with Crippen molar-refractivity contribution < 1.29 is 9.53 Å². The Morgan fingerprint density at radius 3 is 2.75 bits per heavy atom. The van der Waals surface area contributed by atoms with Crippen molar-refractivity contribution in [1.82, 2.24) is 4.90 Å². The molecule has 0 bridgehead atoms. The van der Waals surface area contributed by atoms with Gasteiger partial charge in [-0.25, -0.2) is 4.79 Å². The van der Waals surface area contributed by atoms with E-state index in [-0.39, 0.29) is 12.7 Å². The van der Waals surface area contributed by atoms with Crippen molar-refractivity contribution in [2.75, 3.05) is 19.7 Å². The molecule has 0 atom stereocenters. The van der Waals surface area contributed by atoms with Crippen LogP contribution in [0.4, 0.5) is 4.79 Å². The van der Waals surface area contributed by atoms with Gasteiger partial charge < -0.3 is 9.64 Å². The highest BCUT2D eigenvalue weighted by molar-refractivity contribution is 5.68. The molecule has 1 rings (SSSR count). The van der Waals surface area contributed by atoms with E-state index < -0.39 is 0 Å². The number of rotatable bonds is 1. The second kappa shape index (κ2) is 4.66. The number of ether oxygens (including phenoxy) is 1. The molecular weight excluding hydrogens is 154 g/mol. The number of likely N-dealkylation sites (tertiary alicyclic amines) is 1. The molecule has 12 heavy (non-hydrogen) atoms. The van der Waals surface area contributed by atoms with Gasteiger partial charge in [0.1, 0.15) is 0 Å². The Bertz CT molecular complexity index is 208. The van der Waals surface area contributed by atoms with Gasteiger partial charge in [-0.1, -0.05) is 5.92 Å². The topological polar surface area (TPSA) is 29.5 Å². The van der Waals surface area contributed by atoms with Crippen LogP contribution in [-0.2, 0) is 4.74 Å². The van der Waals surface area contributed by atoms with Gasteiger partial charge in [-0.05, 0) is 19.8 Å². The zero-order valence-electron chi connectivity index (χ0n) is 7.30. The first kappa shape index (κ1) is 8.92. The summed E-state index contributed by atoms with van der Waals surface area (Å²) in [6.45, 7) is 3.60. The molecule has 66 valence electrons. The third-order valence-corrected chi connectivity index (χ3v) is 1.81. The van der Waals surface area contributed by atoms with Gasteiger partial charge in [0.15, 0.2) is 6.61 Å². The standard InChI is InChI=1S/C9H13NO2/c1-2-3-8-12-9(11)10-6-4-5-7-10/h4-8H2,1H3. The summed E-state index contributed by atoms with van der Waals surface area (Å²) in [6.07, 6.45) is 1.96. The van der Waals surface area contributed by atoms with Crippen molar-refractivity contribution in [1.29, 1.82) is 0 Å². The van der Waals surface area contributed by atoms with E-state index in [4.69, 9.17) is 4.74 Å². The molecule has 0 aromatic heterocycles. The van der Waals surface area contributed by atoms with Crippen LogP contribution in [0.5, 0.6) is 0 Å². The first-order valence-electron chi connectivity index (χ1n) is 4.16. The van der Waals surface area contributed by atoms with Crippen molar-refractivity contribution in [3.63, 3.8) is 0 Å². The molecule has 0 spiro atoms. The van der Waals surface area contributed by atoms with Gasteiger partial charge in [-0.15, -0.1) is 5.92 Å². The second-order valence-corrected chi connectivity index (χ2v) is 2.68. The predicted molar refractivity (Wildman–Crippen MR) is 45.6 cm³/mol. The zero-order valence-corrected chi connectivity index (χ0v) is 7.30. The summed E-state index contributed by atoms with van der Waals surface area (Å²) in [5.41, 5.74) is 0. The second-order valence-electron chi connectivity index (χ2n) is 2.68. The van der Waals surface area contributed by atoms with E-state index >= 15 is 0 Å². The number of hydrogen-bond acceptors (Lipinski definition) is 2. The quantitative estimate of drug-likeness (QED) is 0.550. The lowest BCUT2D eigenvalue weighted by Crippen LogP contribution is -2.28. The first-order valence-corrected chi connectivity index (χ1v) is 4.16. The van der Waals surface area contributed by atoms with E-state index in [1.807, 2.05) is 0 Å². The monoisotopic (exact) mass is 167 g/mol. The molecule has 1 amide bonds. The van der Waals surface area contributed by atoms with Gasteiger partial charge in [-0.2, -0.15) is 0 Å². The van der Waals surface area contributed by atoms with Crippen LogP contribution < -0.4 is 0 Å². The highest BCUT2D eigenvalue weighted by Crippen LogP contribution is 2.08. The third-order valence-electron chi connectivity index (χ3n) is 1.81. The van der Waals surface area contributed by atoms with Gasteiger partial charge in [0.2, 0.25) is 0 Å². The molecule has 1 aliphatic rings. The van der Waals surface area contributed by atoms with Gasteiger partial charge in [0.25, 0.3) is 0 Å². The normalized spacial score (nSPS) is 15.2. The van der Waals surface area contributed by atoms with E-state index in [9.17, 15) is 4.79 Å². The molecule has 3 heteroatoms. The summed E-state index contributed by atoms with van der Waals surface area (Å²) >= 11 is 0. The molecule has 0 aliphatic carbocycles. The number of amides is 1. The summed E-state index contributed by atoms with van der Waals surface area (Å²) < 4.78 is 4.88. The lowest BCUT2D eigenvalue weighted by atomic mass is 10.4. The fraction of sp³-hybridized carbons (Fsp3) is 0.667. The van der Waals surface area contributed by atoms with Gasteiger partial charge in [0.05, 0.1) is 0 Å². The summed E-state index contributed by atoms with van der Waals surface area (Å²) in [4.78, 5) is 12.9. The Hall–Kier alpha value is -1.17. The van der Waals surface area contributed by atoms with Crippen LogP contribution in [0.15, 0.2) is 0 Å². The van der Waals surface area contributed by atoms with E-state index in [1.54, 1.807) is 11.8 Å². The number of hydrogen-bond donors (Lipinski definition) is 0. The predicted octanol–water partition coefficient (Wildman–Crippen LogP) is 1.24. The number of carbonyl (C=O) groups excluding carboxylic acids is 1. The Morgan fingerprint density at radius 1 is 1.50 bits per heavy atom. The maximum Gasteiger partial charge on any atom is 0.410 e. The fourth-order valence-corrected chi connectivity index (χ4v) is 1.16. The van der Waals surface area contributed by atoms with Gasteiger partial charge in [0, 0.05) is 13.1 Å². The van der Waals surface area contributed by atoms with Crippen molar-refractivity contribution in [3.05, 3.63) is 0 Å². The molecule has 3 nitrogen and oxygen atoms in total. The Morgan fingerprint density at radius 2 is 2.17 bits per heavy atom. The Kier molecular flexibility index (Phi) is 3.46. The highest BCUT2D eigenvalue weighted by Gasteiger charge is 2.18. The molecular formula is C9H13NO2. The SMILES string of the molecule is CC#CCOC(=O)N1CCCC1. The van der Waals surface area contributed by atoms with Crippen LogP contribution in [-0.4, -0.2) is 30.7 Å². The lowest BCUT2D eigenvalue weighted by molar-refractivity contribution is 0.123. The van der Waals surface area contributed by atoms with Gasteiger partial charge in [-0.3, -0.25) is 0 Å².